The quantitative estimate of drug-likeness (QED) is 0.714. The summed E-state index contributed by atoms with van der Waals surface area (Å²) in [5.41, 5.74) is 6.55. The van der Waals surface area contributed by atoms with Gasteiger partial charge in [0.05, 0.1) is 0 Å². The summed E-state index contributed by atoms with van der Waals surface area (Å²) in [7, 11) is 4.09. The minimum Gasteiger partial charge on any atom is -0.384 e. The van der Waals surface area contributed by atoms with Crippen LogP contribution in [0.3, 0.4) is 0 Å². The van der Waals surface area contributed by atoms with E-state index in [2.05, 4.69) is 15.2 Å². The number of nitrogens with two attached hydrogens (primary N) is 1. The van der Waals surface area contributed by atoms with E-state index in [-0.39, 0.29) is 0 Å². The number of anilines is 2. The van der Waals surface area contributed by atoms with Gasteiger partial charge in [0, 0.05) is 31.0 Å². The molecule has 0 saturated heterocycles. The third-order valence-corrected chi connectivity index (χ3v) is 1.67. The summed E-state index contributed by atoms with van der Waals surface area (Å²) in [4.78, 5) is 6.03. The van der Waals surface area contributed by atoms with Crippen molar-refractivity contribution in [1.29, 1.82) is 0 Å². The highest BCUT2D eigenvalue weighted by atomic mass is 15.1. The van der Waals surface area contributed by atoms with Crippen molar-refractivity contribution < 1.29 is 0 Å². The predicted molar refractivity (Wildman–Crippen MR) is 55.7 cm³/mol. The Morgan fingerprint density at radius 2 is 2.31 bits per heavy atom. The zero-order valence-corrected chi connectivity index (χ0v) is 8.12. The Bertz CT molecular complexity index is 260. The average molecular weight is 180 g/mol. The summed E-state index contributed by atoms with van der Waals surface area (Å²) in [6.07, 6.45) is 1.70. The average Bonchev–Trinajstić information content (AvgIpc) is 2.03. The highest BCUT2D eigenvalue weighted by molar-refractivity contribution is 5.49. The zero-order valence-electron chi connectivity index (χ0n) is 8.12. The van der Waals surface area contributed by atoms with Crippen LogP contribution in [0, 0.1) is 0 Å². The lowest BCUT2D eigenvalue weighted by Crippen LogP contribution is -2.20. The molecule has 4 nitrogen and oxygen atoms in total. The van der Waals surface area contributed by atoms with E-state index < -0.39 is 0 Å². The first kappa shape index (κ1) is 9.80. The molecular formula is C9H16N4. The topological polar surface area (TPSA) is 54.2 Å². The number of pyridine rings is 1. The molecule has 13 heavy (non-hydrogen) atoms. The van der Waals surface area contributed by atoms with E-state index in [4.69, 9.17) is 5.73 Å². The minimum atomic E-state index is 0.551. The molecule has 0 amide bonds. The molecule has 0 aromatic carbocycles. The first-order valence-corrected chi connectivity index (χ1v) is 4.28. The molecule has 0 radical (unpaired) electrons. The van der Waals surface area contributed by atoms with Gasteiger partial charge in [0.15, 0.2) is 0 Å². The number of hydrogen-bond donors (Lipinski definition) is 2. The fourth-order valence-corrected chi connectivity index (χ4v) is 0.982. The molecule has 1 rings (SSSR count). The van der Waals surface area contributed by atoms with Gasteiger partial charge in [0.2, 0.25) is 0 Å². The van der Waals surface area contributed by atoms with Gasteiger partial charge in [-0.05, 0) is 20.2 Å². The summed E-state index contributed by atoms with van der Waals surface area (Å²) < 4.78 is 0. The number of nitrogens with one attached hydrogen (secondary N) is 1. The van der Waals surface area contributed by atoms with E-state index in [1.165, 1.54) is 0 Å². The van der Waals surface area contributed by atoms with E-state index in [1.807, 2.05) is 26.2 Å². The second-order valence-electron chi connectivity index (χ2n) is 3.20. The second kappa shape index (κ2) is 4.67. The fraction of sp³-hybridized carbons (Fsp3) is 0.444. The molecule has 1 aromatic rings. The molecule has 0 saturated carbocycles. The van der Waals surface area contributed by atoms with Crippen LogP contribution in [0.5, 0.6) is 0 Å². The van der Waals surface area contributed by atoms with Gasteiger partial charge in [-0.25, -0.2) is 4.98 Å². The van der Waals surface area contributed by atoms with Crippen LogP contribution in [0.1, 0.15) is 0 Å². The highest BCUT2D eigenvalue weighted by Crippen LogP contribution is 2.07. The molecule has 72 valence electrons. The number of nitrogen functional groups attached to an aromatic ring is 1. The normalized spacial score (nSPS) is 10.4. The van der Waals surface area contributed by atoms with Crippen LogP contribution >= 0.6 is 0 Å². The van der Waals surface area contributed by atoms with Gasteiger partial charge in [0.25, 0.3) is 0 Å². The van der Waals surface area contributed by atoms with Crippen molar-refractivity contribution in [2.45, 2.75) is 0 Å². The number of nitrogens with zero attached hydrogens (tertiary/aromatic N) is 2. The first-order chi connectivity index (χ1) is 6.18. The molecule has 0 aliphatic carbocycles. The zero-order chi connectivity index (χ0) is 9.68. The van der Waals surface area contributed by atoms with Gasteiger partial charge in [-0.2, -0.15) is 0 Å². The van der Waals surface area contributed by atoms with Crippen LogP contribution in [-0.4, -0.2) is 37.1 Å². The van der Waals surface area contributed by atoms with Crippen molar-refractivity contribution in [1.82, 2.24) is 9.88 Å². The maximum absolute atomic E-state index is 5.53. The van der Waals surface area contributed by atoms with Crippen molar-refractivity contribution >= 4 is 11.5 Å². The van der Waals surface area contributed by atoms with Crippen LogP contribution < -0.4 is 11.1 Å². The Hall–Kier alpha value is -1.29. The molecular weight excluding hydrogens is 164 g/mol. The lowest BCUT2D eigenvalue weighted by Gasteiger charge is -2.11. The summed E-state index contributed by atoms with van der Waals surface area (Å²) in [6, 6.07) is 3.74. The molecule has 1 heterocycles. The van der Waals surface area contributed by atoms with Crippen molar-refractivity contribution in [3.05, 3.63) is 18.3 Å². The van der Waals surface area contributed by atoms with Gasteiger partial charge in [0.1, 0.15) is 5.82 Å². The summed E-state index contributed by atoms with van der Waals surface area (Å²) in [5.74, 6) is 0.551. The summed E-state index contributed by atoms with van der Waals surface area (Å²) in [6.45, 7) is 1.92. The number of likely N-dealkylation sites (N-methyl/N-ethyl adjacent to an activating group) is 1. The van der Waals surface area contributed by atoms with Crippen molar-refractivity contribution in [3.8, 4) is 0 Å². The van der Waals surface area contributed by atoms with Crippen LogP contribution in [0.25, 0.3) is 0 Å². The maximum atomic E-state index is 5.53. The Morgan fingerprint density at radius 1 is 1.54 bits per heavy atom. The monoisotopic (exact) mass is 180 g/mol. The largest absolute Gasteiger partial charge is 0.384 e. The van der Waals surface area contributed by atoms with Gasteiger partial charge in [-0.15, -0.1) is 0 Å². The molecule has 3 N–H and O–H groups in total. The third kappa shape index (κ3) is 3.75. The van der Waals surface area contributed by atoms with E-state index in [9.17, 15) is 0 Å². The molecule has 1 aromatic heterocycles. The van der Waals surface area contributed by atoms with Gasteiger partial charge in [-0.3, -0.25) is 0 Å². The van der Waals surface area contributed by atoms with E-state index in [1.54, 1.807) is 6.20 Å². The van der Waals surface area contributed by atoms with E-state index in [0.717, 1.165) is 18.8 Å². The van der Waals surface area contributed by atoms with E-state index >= 15 is 0 Å². The van der Waals surface area contributed by atoms with Crippen molar-refractivity contribution in [2.75, 3.05) is 38.2 Å². The van der Waals surface area contributed by atoms with Crippen LogP contribution in [0.4, 0.5) is 11.5 Å². The van der Waals surface area contributed by atoms with Crippen LogP contribution in [0.2, 0.25) is 0 Å². The molecule has 0 unspecified atom stereocenters. The predicted octanol–water partition coefficient (Wildman–Crippen LogP) is 0.637. The summed E-state index contributed by atoms with van der Waals surface area (Å²) in [5, 5.41) is 3.26. The highest BCUT2D eigenvalue weighted by Gasteiger charge is 1.93. The fourth-order valence-electron chi connectivity index (χ4n) is 0.982. The summed E-state index contributed by atoms with van der Waals surface area (Å²) >= 11 is 0. The van der Waals surface area contributed by atoms with Crippen molar-refractivity contribution in [3.63, 3.8) is 0 Å². The molecule has 0 fully saturated rings. The van der Waals surface area contributed by atoms with E-state index in [0.29, 0.717) is 5.82 Å². The molecule has 0 atom stereocenters. The second-order valence-corrected chi connectivity index (χ2v) is 3.20. The lowest BCUT2D eigenvalue weighted by atomic mass is 10.4. The smallest absolute Gasteiger partial charge is 0.125 e. The minimum absolute atomic E-state index is 0.551. The van der Waals surface area contributed by atoms with Crippen LogP contribution in [0.15, 0.2) is 18.3 Å². The number of rotatable bonds is 4. The lowest BCUT2D eigenvalue weighted by molar-refractivity contribution is 0.425. The molecule has 0 spiro atoms. The van der Waals surface area contributed by atoms with Gasteiger partial charge in [-0.1, -0.05) is 0 Å². The molecule has 0 aliphatic heterocycles. The number of aromatic nitrogens is 1. The number of hydrogen-bond acceptors (Lipinski definition) is 4. The standard InChI is InChI=1S/C9H16N4/c1-13(2)6-5-11-8-3-4-12-9(10)7-8/h3-4,7H,5-6H2,1-2H3,(H3,10,11,12). The first-order valence-electron chi connectivity index (χ1n) is 4.28. The molecule has 0 bridgehead atoms. The molecule has 4 heteroatoms. The maximum Gasteiger partial charge on any atom is 0.125 e. The van der Waals surface area contributed by atoms with Crippen LogP contribution in [-0.2, 0) is 0 Å². The Kier molecular flexibility index (Phi) is 3.52. The van der Waals surface area contributed by atoms with Gasteiger partial charge < -0.3 is 16.0 Å². The Balaban J connectivity index is 2.37. The van der Waals surface area contributed by atoms with Gasteiger partial charge >= 0.3 is 0 Å². The van der Waals surface area contributed by atoms with Crippen molar-refractivity contribution in [2.24, 2.45) is 0 Å². The molecule has 0 aliphatic rings. The Morgan fingerprint density at radius 3 is 2.92 bits per heavy atom. The SMILES string of the molecule is CN(C)CCNc1ccnc(N)c1. The third-order valence-electron chi connectivity index (χ3n) is 1.67. The Labute approximate surface area is 78.8 Å².